The normalized spacial score (nSPS) is 17.8. The Morgan fingerprint density at radius 2 is 1.96 bits per heavy atom. The van der Waals surface area contributed by atoms with E-state index in [9.17, 15) is 9.18 Å². The smallest absolute Gasteiger partial charge is 0.138 e. The Kier molecular flexibility index (Phi) is 8.74. The van der Waals surface area contributed by atoms with E-state index in [0.29, 0.717) is 16.6 Å². The second kappa shape index (κ2) is 10.0. The van der Waals surface area contributed by atoms with Crippen LogP contribution < -0.4 is 5.32 Å². The highest BCUT2D eigenvalue weighted by Gasteiger charge is 2.28. The maximum atomic E-state index is 14.1. The molecule has 2 atom stereocenters. The molecule has 1 fully saturated rings. The number of carbonyl (C=O) groups excluding carboxylic acids is 1. The van der Waals surface area contributed by atoms with Crippen LogP contribution in [-0.4, -0.2) is 31.1 Å². The number of ether oxygens (including phenoxy) is 1. The number of nitrogens with one attached hydrogen (secondary N) is 1. The van der Waals surface area contributed by atoms with Crippen LogP contribution in [0.15, 0.2) is 18.2 Å². The second-order valence-electron chi connectivity index (χ2n) is 5.60. The Bertz CT molecular complexity index is 504. The van der Waals surface area contributed by atoms with Crippen molar-refractivity contribution < 1.29 is 13.9 Å². The summed E-state index contributed by atoms with van der Waals surface area (Å²) in [7, 11) is 0. The van der Waals surface area contributed by atoms with Crippen molar-refractivity contribution in [2.75, 3.05) is 13.2 Å². The zero-order valence-corrected chi connectivity index (χ0v) is 15.1. The van der Waals surface area contributed by atoms with E-state index in [1.807, 2.05) is 20.8 Å². The van der Waals surface area contributed by atoms with Crippen LogP contribution in [0.25, 0.3) is 0 Å². The van der Waals surface area contributed by atoms with Crippen LogP contribution in [0, 0.1) is 5.82 Å². The quantitative estimate of drug-likeness (QED) is 0.864. The molecule has 1 aromatic rings. The molecule has 5 heteroatoms. The summed E-state index contributed by atoms with van der Waals surface area (Å²) in [4.78, 5) is 12.0. The molecule has 1 heterocycles. The number of hydrogen-bond donors (Lipinski definition) is 1. The standard InChI is InChI=1S/C16H21ClFNO2.C2H6/c1-10(19-13-5-7-21-8-6-13)16(11(2)20)14-4-3-12(17)9-15(14)18;1-2/h3-4,9-10,13,16,19H,5-8H2,1-2H3;1-2H3/t10-,16?;/m1./s1. The first-order valence-electron chi connectivity index (χ1n) is 8.28. The molecule has 0 saturated carbocycles. The Morgan fingerprint density at radius 1 is 1.35 bits per heavy atom. The van der Waals surface area contributed by atoms with Gasteiger partial charge in [0.05, 0.1) is 5.92 Å². The van der Waals surface area contributed by atoms with Gasteiger partial charge in [-0.2, -0.15) is 0 Å². The average Bonchev–Trinajstić information content (AvgIpc) is 2.52. The van der Waals surface area contributed by atoms with Crippen molar-refractivity contribution >= 4 is 17.4 Å². The van der Waals surface area contributed by atoms with Gasteiger partial charge in [-0.15, -0.1) is 0 Å². The van der Waals surface area contributed by atoms with Crippen LogP contribution in [0.3, 0.4) is 0 Å². The van der Waals surface area contributed by atoms with Crippen molar-refractivity contribution in [3.8, 4) is 0 Å². The lowest BCUT2D eigenvalue weighted by atomic mass is 9.88. The second-order valence-corrected chi connectivity index (χ2v) is 6.03. The molecule has 1 N–H and O–H groups in total. The lowest BCUT2D eigenvalue weighted by Crippen LogP contribution is -2.44. The maximum absolute atomic E-state index is 14.1. The molecule has 0 bridgehead atoms. The Balaban J connectivity index is 0.00000127. The lowest BCUT2D eigenvalue weighted by Gasteiger charge is -2.30. The van der Waals surface area contributed by atoms with E-state index in [0.717, 1.165) is 26.1 Å². The van der Waals surface area contributed by atoms with E-state index < -0.39 is 11.7 Å². The van der Waals surface area contributed by atoms with Crippen LogP contribution in [0.2, 0.25) is 5.02 Å². The first-order chi connectivity index (χ1) is 11.0. The molecule has 1 aliphatic rings. The molecule has 0 aromatic heterocycles. The summed E-state index contributed by atoms with van der Waals surface area (Å²) in [6.45, 7) is 8.88. The zero-order valence-electron chi connectivity index (χ0n) is 14.4. The number of Topliss-reactive ketones (excluding diaryl/α,β-unsaturated/α-hetero) is 1. The van der Waals surface area contributed by atoms with E-state index in [1.165, 1.54) is 13.0 Å². The Labute approximate surface area is 143 Å². The van der Waals surface area contributed by atoms with Gasteiger partial charge in [0.25, 0.3) is 0 Å². The summed E-state index contributed by atoms with van der Waals surface area (Å²) < 4.78 is 19.4. The molecule has 23 heavy (non-hydrogen) atoms. The van der Waals surface area contributed by atoms with Crippen molar-refractivity contribution in [2.24, 2.45) is 0 Å². The molecule has 1 aromatic carbocycles. The zero-order chi connectivity index (χ0) is 17.4. The van der Waals surface area contributed by atoms with Gasteiger partial charge in [0, 0.05) is 30.3 Å². The van der Waals surface area contributed by atoms with Gasteiger partial charge in [-0.3, -0.25) is 4.79 Å². The van der Waals surface area contributed by atoms with Crippen LogP contribution in [0.1, 0.15) is 52.0 Å². The van der Waals surface area contributed by atoms with E-state index in [-0.39, 0.29) is 11.8 Å². The van der Waals surface area contributed by atoms with Gasteiger partial charge < -0.3 is 10.1 Å². The summed E-state index contributed by atoms with van der Waals surface area (Å²) in [6.07, 6.45) is 1.83. The molecule has 1 saturated heterocycles. The van der Waals surface area contributed by atoms with Crippen molar-refractivity contribution in [3.63, 3.8) is 0 Å². The maximum Gasteiger partial charge on any atom is 0.138 e. The predicted molar refractivity (Wildman–Crippen MR) is 92.6 cm³/mol. The van der Waals surface area contributed by atoms with Gasteiger partial charge in [-0.1, -0.05) is 31.5 Å². The molecule has 3 nitrogen and oxygen atoms in total. The summed E-state index contributed by atoms with van der Waals surface area (Å²) in [5.74, 6) is -0.989. The molecule has 0 aliphatic carbocycles. The fourth-order valence-corrected chi connectivity index (χ4v) is 3.09. The number of hydrogen-bond acceptors (Lipinski definition) is 3. The molecule has 0 spiro atoms. The highest BCUT2D eigenvalue weighted by molar-refractivity contribution is 6.30. The summed E-state index contributed by atoms with van der Waals surface area (Å²) >= 11 is 5.78. The summed E-state index contributed by atoms with van der Waals surface area (Å²) in [6, 6.07) is 4.66. The van der Waals surface area contributed by atoms with Crippen molar-refractivity contribution in [3.05, 3.63) is 34.6 Å². The predicted octanol–water partition coefficient (Wildman–Crippen LogP) is 4.34. The topological polar surface area (TPSA) is 38.3 Å². The molecule has 130 valence electrons. The number of halogens is 2. The van der Waals surface area contributed by atoms with Crippen molar-refractivity contribution in [1.82, 2.24) is 5.32 Å². The summed E-state index contributed by atoms with van der Waals surface area (Å²) in [5, 5.41) is 3.78. The van der Waals surface area contributed by atoms with E-state index in [4.69, 9.17) is 16.3 Å². The molecule has 1 unspecified atom stereocenters. The molecule has 2 rings (SSSR count). The molecular formula is C18H27ClFNO2. The third-order valence-electron chi connectivity index (χ3n) is 3.96. The minimum atomic E-state index is -0.509. The fourth-order valence-electron chi connectivity index (χ4n) is 2.93. The third kappa shape index (κ3) is 5.87. The summed E-state index contributed by atoms with van der Waals surface area (Å²) in [5.41, 5.74) is 0.402. The number of carbonyl (C=O) groups is 1. The van der Waals surface area contributed by atoms with Crippen molar-refractivity contribution in [2.45, 2.75) is 58.5 Å². The Hall–Kier alpha value is -0.970. The van der Waals surface area contributed by atoms with Gasteiger partial charge in [-0.05, 0) is 44.4 Å². The molecular weight excluding hydrogens is 317 g/mol. The van der Waals surface area contributed by atoms with Crippen molar-refractivity contribution in [1.29, 1.82) is 0 Å². The van der Waals surface area contributed by atoms with E-state index in [1.54, 1.807) is 12.1 Å². The van der Waals surface area contributed by atoms with Gasteiger partial charge in [0.2, 0.25) is 0 Å². The fraction of sp³-hybridized carbons (Fsp3) is 0.611. The minimum Gasteiger partial charge on any atom is -0.381 e. The molecule has 1 aliphatic heterocycles. The van der Waals surface area contributed by atoms with Crippen LogP contribution >= 0.6 is 11.6 Å². The number of rotatable bonds is 5. The first-order valence-corrected chi connectivity index (χ1v) is 8.66. The number of benzene rings is 1. The highest BCUT2D eigenvalue weighted by atomic mass is 35.5. The largest absolute Gasteiger partial charge is 0.381 e. The van der Waals surface area contributed by atoms with Gasteiger partial charge >= 0.3 is 0 Å². The van der Waals surface area contributed by atoms with Crippen LogP contribution in [-0.2, 0) is 9.53 Å². The van der Waals surface area contributed by atoms with Crippen LogP contribution in [0.5, 0.6) is 0 Å². The molecule has 0 amide bonds. The average molecular weight is 344 g/mol. The van der Waals surface area contributed by atoms with Gasteiger partial charge in [-0.25, -0.2) is 4.39 Å². The van der Waals surface area contributed by atoms with Gasteiger partial charge in [0.15, 0.2) is 0 Å². The first kappa shape index (κ1) is 20.1. The minimum absolute atomic E-state index is 0.0525. The lowest BCUT2D eigenvalue weighted by molar-refractivity contribution is -0.119. The van der Waals surface area contributed by atoms with E-state index >= 15 is 0 Å². The monoisotopic (exact) mass is 343 g/mol. The third-order valence-corrected chi connectivity index (χ3v) is 4.19. The van der Waals surface area contributed by atoms with Crippen LogP contribution in [0.4, 0.5) is 4.39 Å². The SMILES string of the molecule is CC.CC(=O)C(c1ccc(Cl)cc1F)[C@@H](C)NC1CCOCC1. The Morgan fingerprint density at radius 3 is 2.48 bits per heavy atom. The van der Waals surface area contributed by atoms with E-state index in [2.05, 4.69) is 5.32 Å². The molecule has 0 radical (unpaired) electrons. The van der Waals surface area contributed by atoms with Gasteiger partial charge in [0.1, 0.15) is 11.6 Å². The number of ketones is 1. The highest BCUT2D eigenvalue weighted by Crippen LogP contribution is 2.27.